The van der Waals surface area contributed by atoms with Gasteiger partial charge >= 0.3 is 0 Å². The van der Waals surface area contributed by atoms with Gasteiger partial charge < -0.3 is 9.64 Å². The number of rotatable bonds is 1. The van der Waals surface area contributed by atoms with Gasteiger partial charge in [-0.05, 0) is 25.7 Å². The van der Waals surface area contributed by atoms with Crippen molar-refractivity contribution in [1.82, 2.24) is 4.90 Å². The lowest BCUT2D eigenvalue weighted by atomic mass is 9.95. The highest BCUT2D eigenvalue weighted by Crippen LogP contribution is 2.23. The lowest BCUT2D eigenvalue weighted by Gasteiger charge is -2.38. The number of amides is 1. The standard InChI is InChI=1S/C10H15NO2/c1-4-9(12)11-7-5-6-10(2,8-11)13-3/h1H,5-8H2,2-3H3. The van der Waals surface area contributed by atoms with E-state index in [2.05, 4.69) is 5.92 Å². The average Bonchev–Trinajstić information content (AvgIpc) is 2.17. The molecule has 0 aromatic heterocycles. The maximum atomic E-state index is 11.2. The summed E-state index contributed by atoms with van der Waals surface area (Å²) in [7, 11) is 1.67. The van der Waals surface area contributed by atoms with E-state index in [0.29, 0.717) is 6.54 Å². The molecule has 1 heterocycles. The minimum Gasteiger partial charge on any atom is -0.377 e. The number of likely N-dealkylation sites (tertiary alicyclic amines) is 1. The molecule has 0 radical (unpaired) electrons. The fourth-order valence-electron chi connectivity index (χ4n) is 1.64. The highest BCUT2D eigenvalue weighted by atomic mass is 16.5. The van der Waals surface area contributed by atoms with Gasteiger partial charge in [-0.3, -0.25) is 4.79 Å². The molecule has 0 N–H and O–H groups in total. The molecule has 1 fully saturated rings. The lowest BCUT2D eigenvalue weighted by Crippen LogP contribution is -2.49. The summed E-state index contributed by atoms with van der Waals surface area (Å²) in [6.07, 6.45) is 6.99. The van der Waals surface area contributed by atoms with Gasteiger partial charge in [-0.1, -0.05) is 0 Å². The number of hydrogen-bond acceptors (Lipinski definition) is 2. The van der Waals surface area contributed by atoms with Crippen molar-refractivity contribution in [2.75, 3.05) is 20.2 Å². The molecule has 3 heteroatoms. The molecule has 0 spiro atoms. The van der Waals surface area contributed by atoms with E-state index in [4.69, 9.17) is 11.2 Å². The van der Waals surface area contributed by atoms with Crippen molar-refractivity contribution in [3.63, 3.8) is 0 Å². The fraction of sp³-hybridized carbons (Fsp3) is 0.700. The monoisotopic (exact) mass is 181 g/mol. The average molecular weight is 181 g/mol. The first-order chi connectivity index (χ1) is 6.11. The lowest BCUT2D eigenvalue weighted by molar-refractivity contribution is -0.133. The quantitative estimate of drug-likeness (QED) is 0.556. The number of nitrogens with zero attached hydrogens (tertiary/aromatic N) is 1. The van der Waals surface area contributed by atoms with Crippen LogP contribution in [0.15, 0.2) is 0 Å². The molecular weight excluding hydrogens is 166 g/mol. The van der Waals surface area contributed by atoms with Gasteiger partial charge in [-0.25, -0.2) is 0 Å². The Morgan fingerprint density at radius 1 is 1.69 bits per heavy atom. The first-order valence-electron chi connectivity index (χ1n) is 4.42. The zero-order valence-electron chi connectivity index (χ0n) is 8.17. The number of carbonyl (C=O) groups excluding carboxylic acids is 1. The van der Waals surface area contributed by atoms with Crippen LogP contribution in [0.5, 0.6) is 0 Å². The van der Waals surface area contributed by atoms with Gasteiger partial charge in [0.1, 0.15) is 0 Å². The first kappa shape index (κ1) is 10.1. The van der Waals surface area contributed by atoms with E-state index < -0.39 is 0 Å². The number of carbonyl (C=O) groups is 1. The van der Waals surface area contributed by atoms with Crippen LogP contribution >= 0.6 is 0 Å². The third-order valence-corrected chi connectivity index (χ3v) is 2.56. The van der Waals surface area contributed by atoms with E-state index in [1.54, 1.807) is 12.0 Å². The van der Waals surface area contributed by atoms with Crippen molar-refractivity contribution in [3.8, 4) is 12.3 Å². The summed E-state index contributed by atoms with van der Waals surface area (Å²) in [5, 5.41) is 0. The zero-order chi connectivity index (χ0) is 9.90. The predicted molar refractivity (Wildman–Crippen MR) is 50.1 cm³/mol. The summed E-state index contributed by atoms with van der Waals surface area (Å²) in [4.78, 5) is 12.9. The van der Waals surface area contributed by atoms with Crippen molar-refractivity contribution in [1.29, 1.82) is 0 Å². The van der Waals surface area contributed by atoms with Gasteiger partial charge in [-0.15, -0.1) is 6.42 Å². The maximum absolute atomic E-state index is 11.2. The Morgan fingerprint density at radius 3 is 2.92 bits per heavy atom. The molecule has 0 aliphatic carbocycles. The van der Waals surface area contributed by atoms with Crippen LogP contribution in [0.4, 0.5) is 0 Å². The number of piperidine rings is 1. The van der Waals surface area contributed by atoms with Crippen molar-refractivity contribution >= 4 is 5.91 Å². The van der Waals surface area contributed by atoms with Crippen LogP contribution < -0.4 is 0 Å². The molecule has 13 heavy (non-hydrogen) atoms. The van der Waals surface area contributed by atoms with E-state index in [-0.39, 0.29) is 11.5 Å². The second kappa shape index (κ2) is 3.80. The van der Waals surface area contributed by atoms with E-state index in [9.17, 15) is 4.79 Å². The second-order valence-corrected chi connectivity index (χ2v) is 3.63. The largest absolute Gasteiger partial charge is 0.377 e. The summed E-state index contributed by atoms with van der Waals surface area (Å²) in [6.45, 7) is 3.36. The summed E-state index contributed by atoms with van der Waals surface area (Å²) in [6, 6.07) is 0. The minimum absolute atomic E-state index is 0.218. The Hall–Kier alpha value is -1.01. The molecule has 0 bridgehead atoms. The number of hydrogen-bond donors (Lipinski definition) is 0. The van der Waals surface area contributed by atoms with Crippen molar-refractivity contribution < 1.29 is 9.53 Å². The van der Waals surface area contributed by atoms with Crippen LogP contribution in [0.3, 0.4) is 0 Å². The third-order valence-electron chi connectivity index (χ3n) is 2.56. The van der Waals surface area contributed by atoms with Crippen LogP contribution in [-0.4, -0.2) is 36.6 Å². The molecule has 1 rings (SSSR count). The maximum Gasteiger partial charge on any atom is 0.298 e. The smallest absolute Gasteiger partial charge is 0.298 e. The fourth-order valence-corrected chi connectivity index (χ4v) is 1.64. The molecule has 1 atom stereocenters. The van der Waals surface area contributed by atoms with Crippen molar-refractivity contribution in [3.05, 3.63) is 0 Å². The molecule has 1 aliphatic heterocycles. The molecule has 0 aromatic carbocycles. The summed E-state index contributed by atoms with van der Waals surface area (Å²) in [5.41, 5.74) is -0.218. The molecule has 0 aromatic rings. The van der Waals surface area contributed by atoms with Crippen LogP contribution in [-0.2, 0) is 9.53 Å². The molecule has 1 amide bonds. The van der Waals surface area contributed by atoms with Crippen LogP contribution in [0, 0.1) is 12.3 Å². The van der Waals surface area contributed by atoms with Crippen LogP contribution in [0.25, 0.3) is 0 Å². The van der Waals surface area contributed by atoms with Crippen molar-refractivity contribution in [2.24, 2.45) is 0 Å². The molecular formula is C10H15NO2. The SMILES string of the molecule is C#CC(=O)N1CCCC(C)(OC)C1. The van der Waals surface area contributed by atoms with Gasteiger partial charge in [0, 0.05) is 13.7 Å². The highest BCUT2D eigenvalue weighted by Gasteiger charge is 2.32. The van der Waals surface area contributed by atoms with Gasteiger partial charge in [-0.2, -0.15) is 0 Å². The van der Waals surface area contributed by atoms with Gasteiger partial charge in [0.05, 0.1) is 12.1 Å². The number of terminal acetylenes is 1. The Bertz CT molecular complexity index is 244. The minimum atomic E-state index is -0.233. The van der Waals surface area contributed by atoms with E-state index in [1.165, 1.54) is 0 Å². The topological polar surface area (TPSA) is 29.5 Å². The third kappa shape index (κ3) is 2.22. The molecule has 1 saturated heterocycles. The summed E-state index contributed by atoms with van der Waals surface area (Å²) >= 11 is 0. The molecule has 1 unspecified atom stereocenters. The zero-order valence-corrected chi connectivity index (χ0v) is 8.17. The van der Waals surface area contributed by atoms with Gasteiger partial charge in [0.25, 0.3) is 5.91 Å². The second-order valence-electron chi connectivity index (χ2n) is 3.63. The van der Waals surface area contributed by atoms with Crippen molar-refractivity contribution in [2.45, 2.75) is 25.4 Å². The predicted octanol–water partition coefficient (Wildman–Crippen LogP) is 0.647. The van der Waals surface area contributed by atoms with E-state index in [1.807, 2.05) is 6.92 Å². The van der Waals surface area contributed by atoms with E-state index in [0.717, 1.165) is 19.4 Å². The summed E-state index contributed by atoms with van der Waals surface area (Å²) in [5.74, 6) is 1.89. The Labute approximate surface area is 79.1 Å². The Morgan fingerprint density at radius 2 is 2.38 bits per heavy atom. The van der Waals surface area contributed by atoms with E-state index >= 15 is 0 Å². The summed E-state index contributed by atoms with van der Waals surface area (Å²) < 4.78 is 5.34. The molecule has 1 aliphatic rings. The molecule has 3 nitrogen and oxygen atoms in total. The van der Waals surface area contributed by atoms with Gasteiger partial charge in [0.15, 0.2) is 0 Å². The Kier molecular flexibility index (Phi) is 2.94. The van der Waals surface area contributed by atoms with Crippen LogP contribution in [0.1, 0.15) is 19.8 Å². The first-order valence-corrected chi connectivity index (χ1v) is 4.42. The Balaban J connectivity index is 2.62. The highest BCUT2D eigenvalue weighted by molar-refractivity contribution is 5.93. The van der Waals surface area contributed by atoms with Gasteiger partial charge in [0.2, 0.25) is 0 Å². The van der Waals surface area contributed by atoms with Crippen LogP contribution in [0.2, 0.25) is 0 Å². The number of methoxy groups -OCH3 is 1. The number of ether oxygens (including phenoxy) is 1. The molecule has 72 valence electrons. The normalized spacial score (nSPS) is 28.2. The molecule has 0 saturated carbocycles.